The summed E-state index contributed by atoms with van der Waals surface area (Å²) in [5.74, 6) is 0.513. The molecule has 0 saturated carbocycles. The molecular formula is C57H46Cl3N7O3. The third-order valence-electron chi connectivity index (χ3n) is 10.8. The van der Waals surface area contributed by atoms with Crippen LogP contribution in [-0.2, 0) is 0 Å². The Bertz CT molecular complexity index is 3400. The van der Waals surface area contributed by atoms with Crippen molar-refractivity contribution >= 4 is 107 Å². The number of pyridine rings is 3. The van der Waals surface area contributed by atoms with Crippen LogP contribution in [0.4, 0.5) is 22.9 Å². The van der Waals surface area contributed by atoms with Gasteiger partial charge in [0.15, 0.2) is 0 Å². The Hall–Kier alpha value is -8.15. The Balaban J connectivity index is 0.000000152. The van der Waals surface area contributed by atoms with Gasteiger partial charge in [0.2, 0.25) is 0 Å². The first-order chi connectivity index (χ1) is 33.9. The number of nitrogen functional groups attached to an aromatic ring is 1. The molecule has 2 amide bonds. The summed E-state index contributed by atoms with van der Waals surface area (Å²) < 4.78 is 0. The van der Waals surface area contributed by atoms with Crippen molar-refractivity contribution in [1.82, 2.24) is 15.0 Å². The van der Waals surface area contributed by atoms with E-state index in [2.05, 4.69) is 44.6 Å². The van der Waals surface area contributed by atoms with Crippen molar-refractivity contribution in [3.8, 4) is 0 Å². The number of hydrogen-bond acceptors (Lipinski definition) is 8. The molecule has 348 valence electrons. The van der Waals surface area contributed by atoms with E-state index in [4.69, 9.17) is 40.5 Å². The summed E-state index contributed by atoms with van der Waals surface area (Å²) >= 11 is 16.6. The van der Waals surface area contributed by atoms with Gasteiger partial charge >= 0.3 is 0 Å². The fraction of sp³-hybridized carbons (Fsp3) is 0.0526. The molecule has 0 bridgehead atoms. The number of anilines is 4. The van der Waals surface area contributed by atoms with Gasteiger partial charge in [0.25, 0.3) is 17.1 Å². The first-order valence-corrected chi connectivity index (χ1v) is 23.1. The van der Waals surface area contributed by atoms with Crippen LogP contribution in [0.3, 0.4) is 0 Å². The molecule has 10 nitrogen and oxygen atoms in total. The number of nitrogens with zero attached hydrogens (tertiary/aromatic N) is 4. The molecule has 3 heterocycles. The number of aromatic nitrogens is 3. The monoisotopic (exact) mass is 981 g/mol. The zero-order chi connectivity index (χ0) is 49.4. The van der Waals surface area contributed by atoms with Crippen LogP contribution in [-0.4, -0.2) is 39.1 Å². The largest absolute Gasteiger partial charge is 0.399 e. The number of carbonyl (C=O) groups excluding carboxylic acids is 3. The summed E-state index contributed by atoms with van der Waals surface area (Å²) in [6.07, 6.45) is 4.84. The highest BCUT2D eigenvalue weighted by Crippen LogP contribution is 2.25. The molecular weight excluding hydrogens is 937 g/mol. The summed E-state index contributed by atoms with van der Waals surface area (Å²) in [4.78, 5) is 49.7. The van der Waals surface area contributed by atoms with Crippen molar-refractivity contribution in [1.29, 1.82) is 0 Å². The van der Waals surface area contributed by atoms with E-state index in [9.17, 15) is 14.4 Å². The lowest BCUT2D eigenvalue weighted by Crippen LogP contribution is -2.26. The number of rotatable bonds is 8. The second-order valence-electron chi connectivity index (χ2n) is 15.7. The van der Waals surface area contributed by atoms with E-state index in [1.807, 2.05) is 140 Å². The van der Waals surface area contributed by atoms with E-state index < -0.39 is 5.24 Å². The summed E-state index contributed by atoms with van der Waals surface area (Å²) in [5.41, 5.74) is 10.4. The number of halogens is 3. The first kappa shape index (κ1) is 49.7. The molecule has 1 atom stereocenters. The van der Waals surface area contributed by atoms with Gasteiger partial charge in [-0.05, 0) is 123 Å². The number of benzene rings is 7. The SMILES string of the molecule is C[C@H](Nc1cc(N(C)C(=O)c2ccc3ccccc3c2)ccn1)c1ccccc1.Nc1ccnc(Cl)c1.O=C(Cl)c1ccc2ccccc2c1.O=C(Nc1ccnc(Cl)c1)c1ccc2ccccc2c1. The molecule has 0 fully saturated rings. The second-order valence-corrected chi connectivity index (χ2v) is 16.9. The number of nitrogens with two attached hydrogens (primary N) is 1. The Kier molecular flexibility index (Phi) is 17.2. The number of nitrogens with one attached hydrogen (secondary N) is 2. The van der Waals surface area contributed by atoms with E-state index in [0.717, 1.165) is 43.8 Å². The van der Waals surface area contributed by atoms with Crippen LogP contribution in [0.2, 0.25) is 10.3 Å². The minimum atomic E-state index is -0.411. The molecule has 13 heteroatoms. The quantitative estimate of drug-likeness (QED) is 0.101. The molecule has 0 aliphatic heterocycles. The van der Waals surface area contributed by atoms with Crippen LogP contribution in [0.25, 0.3) is 32.3 Å². The lowest BCUT2D eigenvalue weighted by atomic mass is 10.1. The summed E-state index contributed by atoms with van der Waals surface area (Å²) in [6.45, 7) is 2.09. The standard InChI is InChI=1S/C25H23N3O.C16H11ClN2O.C11H7ClO.C5H5ClN2/c1-18(19-8-4-3-5-9-19)27-24-17-23(14-15-26-24)28(2)25(29)22-13-12-20-10-6-7-11-21(20)16-22;17-15-10-14(7-8-18-15)19-16(20)13-6-5-11-3-1-2-4-12(11)9-13;12-11(13)10-6-5-8-3-1-2-4-9(8)7-10;6-5-3-4(7)1-2-8-5/h3-18H,1-2H3,(H,26,27);1-10H,(H,18,19,20);1-7H;1-3H,(H2,7,8)/t18-;;;/m0.../s1. The summed E-state index contributed by atoms with van der Waals surface area (Å²) in [6, 6.07) is 61.3. The van der Waals surface area contributed by atoms with Crippen molar-refractivity contribution in [2.75, 3.05) is 28.3 Å². The Morgan fingerprint density at radius 3 is 1.56 bits per heavy atom. The third-order valence-corrected chi connectivity index (χ3v) is 11.5. The average Bonchev–Trinajstić information content (AvgIpc) is 3.38. The van der Waals surface area contributed by atoms with Gasteiger partial charge in [0.1, 0.15) is 16.1 Å². The van der Waals surface area contributed by atoms with Crippen LogP contribution < -0.4 is 21.3 Å². The molecule has 7 aromatic carbocycles. The molecule has 0 unspecified atom stereocenters. The van der Waals surface area contributed by atoms with E-state index >= 15 is 0 Å². The van der Waals surface area contributed by atoms with Gasteiger partial charge in [-0.3, -0.25) is 14.4 Å². The fourth-order valence-corrected chi connectivity index (χ4v) is 7.60. The predicted octanol–water partition coefficient (Wildman–Crippen LogP) is 14.4. The van der Waals surface area contributed by atoms with Crippen molar-refractivity contribution in [2.24, 2.45) is 0 Å². The predicted molar refractivity (Wildman–Crippen MR) is 288 cm³/mol. The Morgan fingerprint density at radius 2 is 1.01 bits per heavy atom. The molecule has 3 aromatic heterocycles. The van der Waals surface area contributed by atoms with Crippen LogP contribution in [0.5, 0.6) is 0 Å². The number of carbonyl (C=O) groups is 3. The molecule has 4 N–H and O–H groups in total. The Labute approximate surface area is 420 Å². The maximum Gasteiger partial charge on any atom is 0.258 e. The zero-order valence-corrected chi connectivity index (χ0v) is 40.3. The van der Waals surface area contributed by atoms with E-state index in [1.165, 1.54) is 5.56 Å². The molecule has 0 saturated heterocycles. The van der Waals surface area contributed by atoms with Gasteiger partial charge in [0, 0.05) is 71.5 Å². The lowest BCUT2D eigenvalue weighted by Gasteiger charge is -2.20. The summed E-state index contributed by atoms with van der Waals surface area (Å²) in [7, 11) is 1.79. The number of amides is 2. The Morgan fingerprint density at radius 1 is 0.529 bits per heavy atom. The normalized spacial score (nSPS) is 10.8. The zero-order valence-electron chi connectivity index (χ0n) is 38.0. The molecule has 10 aromatic rings. The van der Waals surface area contributed by atoms with Crippen molar-refractivity contribution in [3.05, 3.63) is 245 Å². The van der Waals surface area contributed by atoms with Crippen molar-refractivity contribution in [2.45, 2.75) is 13.0 Å². The molecule has 0 radical (unpaired) electrons. The number of fused-ring (bicyclic) bond motifs is 3. The topological polar surface area (TPSA) is 143 Å². The highest BCUT2D eigenvalue weighted by Gasteiger charge is 2.16. The summed E-state index contributed by atoms with van der Waals surface area (Å²) in [5, 5.41) is 13.1. The average molecular weight is 983 g/mol. The van der Waals surface area contributed by atoms with Crippen molar-refractivity contribution < 1.29 is 14.4 Å². The molecule has 70 heavy (non-hydrogen) atoms. The fourth-order valence-electron chi connectivity index (χ4n) is 7.13. The van der Waals surface area contributed by atoms with Crippen LogP contribution in [0, 0.1) is 0 Å². The maximum atomic E-state index is 13.0. The third kappa shape index (κ3) is 14.0. The maximum absolute atomic E-state index is 13.0. The highest BCUT2D eigenvalue weighted by molar-refractivity contribution is 6.67. The molecule has 0 aliphatic rings. The van der Waals surface area contributed by atoms with Crippen LogP contribution in [0.1, 0.15) is 49.6 Å². The number of hydrogen-bond donors (Lipinski definition) is 3. The molecule has 10 rings (SSSR count). The van der Waals surface area contributed by atoms with E-state index in [0.29, 0.717) is 38.4 Å². The van der Waals surface area contributed by atoms with Gasteiger partial charge in [0.05, 0.1) is 0 Å². The van der Waals surface area contributed by atoms with E-state index in [-0.39, 0.29) is 17.9 Å². The molecule has 0 spiro atoms. The minimum absolute atomic E-state index is 0.0518. The van der Waals surface area contributed by atoms with E-state index in [1.54, 1.807) is 73.0 Å². The molecule has 0 aliphatic carbocycles. The van der Waals surface area contributed by atoms with Crippen molar-refractivity contribution in [3.63, 3.8) is 0 Å². The first-order valence-electron chi connectivity index (χ1n) is 21.9. The van der Waals surface area contributed by atoms with Gasteiger partial charge in [-0.15, -0.1) is 0 Å². The lowest BCUT2D eigenvalue weighted by molar-refractivity contribution is 0.0991. The van der Waals surface area contributed by atoms with Gasteiger partial charge in [-0.1, -0.05) is 145 Å². The van der Waals surface area contributed by atoms with Crippen LogP contribution in [0.15, 0.2) is 213 Å². The van der Waals surface area contributed by atoms with Crippen LogP contribution >= 0.6 is 34.8 Å². The van der Waals surface area contributed by atoms with Gasteiger partial charge in [-0.25, -0.2) is 15.0 Å². The second kappa shape index (κ2) is 24.2. The van der Waals surface area contributed by atoms with Gasteiger partial charge < -0.3 is 21.3 Å². The smallest absolute Gasteiger partial charge is 0.258 e. The minimum Gasteiger partial charge on any atom is -0.399 e. The highest BCUT2D eigenvalue weighted by atomic mass is 35.5. The van der Waals surface area contributed by atoms with Gasteiger partial charge in [-0.2, -0.15) is 0 Å².